The molecule has 1 aliphatic rings. The van der Waals surface area contributed by atoms with E-state index in [0.717, 1.165) is 25.7 Å². The van der Waals surface area contributed by atoms with Crippen LogP contribution in [0.15, 0.2) is 24.3 Å². The van der Waals surface area contributed by atoms with E-state index in [4.69, 9.17) is 10.5 Å². The van der Waals surface area contributed by atoms with Gasteiger partial charge in [-0.1, -0.05) is 12.8 Å². The molecular formula is C15H20N2O3. The third-order valence-corrected chi connectivity index (χ3v) is 3.50. The number of rotatable bonds is 4. The third-order valence-electron chi connectivity index (χ3n) is 3.50. The maximum Gasteiger partial charge on any atom is 0.338 e. The lowest BCUT2D eigenvalue weighted by Gasteiger charge is -2.17. The van der Waals surface area contributed by atoms with Gasteiger partial charge in [0.1, 0.15) is 0 Å². The zero-order valence-electron chi connectivity index (χ0n) is 11.6. The Morgan fingerprint density at radius 2 is 1.85 bits per heavy atom. The molecule has 2 rings (SSSR count). The standard InChI is InChI=1S/C15H20N2O3/c1-10(14(18)17-13-4-2-3-5-13)20-15(19)11-6-8-12(16)9-7-11/h6-10,13H,2-5,16H2,1H3,(H,17,18)/t10-/m0/s1. The van der Waals surface area contributed by atoms with Crippen molar-refractivity contribution in [1.29, 1.82) is 0 Å². The first-order chi connectivity index (χ1) is 9.56. The minimum Gasteiger partial charge on any atom is -0.449 e. The molecule has 20 heavy (non-hydrogen) atoms. The average molecular weight is 276 g/mol. The summed E-state index contributed by atoms with van der Waals surface area (Å²) in [5.74, 6) is -0.750. The van der Waals surface area contributed by atoms with Gasteiger partial charge in [-0.3, -0.25) is 4.79 Å². The zero-order chi connectivity index (χ0) is 14.5. The predicted molar refractivity (Wildman–Crippen MR) is 76.1 cm³/mol. The second-order valence-corrected chi connectivity index (χ2v) is 5.16. The fraction of sp³-hybridized carbons (Fsp3) is 0.467. The van der Waals surface area contributed by atoms with Crippen molar-refractivity contribution >= 4 is 17.6 Å². The van der Waals surface area contributed by atoms with Gasteiger partial charge < -0.3 is 15.8 Å². The molecule has 1 aromatic rings. The van der Waals surface area contributed by atoms with Crippen molar-refractivity contribution in [3.8, 4) is 0 Å². The molecule has 0 aromatic heterocycles. The molecule has 1 atom stereocenters. The fourth-order valence-electron chi connectivity index (χ4n) is 2.29. The van der Waals surface area contributed by atoms with Crippen molar-refractivity contribution < 1.29 is 14.3 Å². The molecule has 0 heterocycles. The molecule has 1 aliphatic carbocycles. The molecule has 1 amide bonds. The van der Waals surface area contributed by atoms with Crippen LogP contribution in [-0.2, 0) is 9.53 Å². The maximum atomic E-state index is 11.9. The van der Waals surface area contributed by atoms with Gasteiger partial charge in [-0.15, -0.1) is 0 Å². The Kier molecular flexibility index (Phi) is 4.61. The van der Waals surface area contributed by atoms with E-state index in [1.165, 1.54) is 0 Å². The molecule has 108 valence electrons. The Bertz CT molecular complexity index is 478. The van der Waals surface area contributed by atoms with Crippen LogP contribution in [0, 0.1) is 0 Å². The number of esters is 1. The zero-order valence-corrected chi connectivity index (χ0v) is 11.6. The number of hydrogen-bond acceptors (Lipinski definition) is 4. The maximum absolute atomic E-state index is 11.9. The number of benzene rings is 1. The molecule has 1 aromatic carbocycles. The third kappa shape index (κ3) is 3.73. The summed E-state index contributed by atoms with van der Waals surface area (Å²) in [6.07, 6.45) is 3.50. The van der Waals surface area contributed by atoms with Crippen LogP contribution in [0.5, 0.6) is 0 Å². The summed E-state index contributed by atoms with van der Waals surface area (Å²) < 4.78 is 5.16. The lowest BCUT2D eigenvalue weighted by Crippen LogP contribution is -2.40. The van der Waals surface area contributed by atoms with Crippen molar-refractivity contribution in [2.45, 2.75) is 44.8 Å². The van der Waals surface area contributed by atoms with E-state index in [-0.39, 0.29) is 11.9 Å². The van der Waals surface area contributed by atoms with Gasteiger partial charge in [0.2, 0.25) is 0 Å². The van der Waals surface area contributed by atoms with E-state index >= 15 is 0 Å². The fourth-order valence-corrected chi connectivity index (χ4v) is 2.29. The Balaban J connectivity index is 1.86. The molecule has 0 aliphatic heterocycles. The molecule has 0 bridgehead atoms. The van der Waals surface area contributed by atoms with Crippen molar-refractivity contribution in [3.05, 3.63) is 29.8 Å². The lowest BCUT2D eigenvalue weighted by atomic mass is 10.2. The van der Waals surface area contributed by atoms with E-state index in [2.05, 4.69) is 5.32 Å². The number of ether oxygens (including phenoxy) is 1. The van der Waals surface area contributed by atoms with Gasteiger partial charge in [-0.25, -0.2) is 4.79 Å². The van der Waals surface area contributed by atoms with Gasteiger partial charge in [-0.2, -0.15) is 0 Å². The second kappa shape index (κ2) is 6.41. The van der Waals surface area contributed by atoms with E-state index < -0.39 is 12.1 Å². The van der Waals surface area contributed by atoms with Crippen LogP contribution < -0.4 is 11.1 Å². The van der Waals surface area contributed by atoms with Crippen molar-refractivity contribution in [2.24, 2.45) is 0 Å². The number of nitrogens with one attached hydrogen (secondary N) is 1. The molecule has 0 radical (unpaired) electrons. The van der Waals surface area contributed by atoms with Crippen LogP contribution in [0.1, 0.15) is 43.0 Å². The summed E-state index contributed by atoms with van der Waals surface area (Å²) in [5, 5.41) is 2.91. The van der Waals surface area contributed by atoms with Gasteiger partial charge >= 0.3 is 5.97 Å². The number of hydrogen-bond donors (Lipinski definition) is 2. The van der Waals surface area contributed by atoms with E-state index in [1.807, 2.05) is 0 Å². The minimum absolute atomic E-state index is 0.222. The van der Waals surface area contributed by atoms with Crippen LogP contribution in [0.3, 0.4) is 0 Å². The van der Waals surface area contributed by atoms with Gasteiger partial charge in [0.05, 0.1) is 5.56 Å². The van der Waals surface area contributed by atoms with Gasteiger partial charge in [0.25, 0.3) is 5.91 Å². The molecule has 0 saturated heterocycles. The first kappa shape index (κ1) is 14.4. The number of nitrogens with two attached hydrogens (primary N) is 1. The summed E-state index contributed by atoms with van der Waals surface area (Å²) in [6.45, 7) is 1.58. The number of nitrogen functional groups attached to an aromatic ring is 1. The highest BCUT2D eigenvalue weighted by molar-refractivity contribution is 5.92. The summed E-state index contributed by atoms with van der Waals surface area (Å²) in [4.78, 5) is 23.8. The largest absolute Gasteiger partial charge is 0.449 e. The first-order valence-corrected chi connectivity index (χ1v) is 6.93. The summed E-state index contributed by atoms with van der Waals surface area (Å²) in [7, 11) is 0. The van der Waals surface area contributed by atoms with E-state index in [0.29, 0.717) is 11.3 Å². The molecule has 0 unspecified atom stereocenters. The Hall–Kier alpha value is -2.04. The summed E-state index contributed by atoms with van der Waals surface area (Å²) in [5.41, 5.74) is 6.52. The number of anilines is 1. The molecule has 5 nitrogen and oxygen atoms in total. The average Bonchev–Trinajstić information content (AvgIpc) is 2.92. The van der Waals surface area contributed by atoms with Gasteiger partial charge in [0, 0.05) is 11.7 Å². The molecule has 5 heteroatoms. The Morgan fingerprint density at radius 3 is 2.45 bits per heavy atom. The highest BCUT2D eigenvalue weighted by Gasteiger charge is 2.23. The van der Waals surface area contributed by atoms with E-state index in [1.54, 1.807) is 31.2 Å². The minimum atomic E-state index is -0.791. The number of carbonyl (C=O) groups is 2. The smallest absolute Gasteiger partial charge is 0.338 e. The highest BCUT2D eigenvalue weighted by Crippen LogP contribution is 2.18. The number of carbonyl (C=O) groups excluding carboxylic acids is 2. The van der Waals surface area contributed by atoms with Crippen LogP contribution >= 0.6 is 0 Å². The van der Waals surface area contributed by atoms with Crippen molar-refractivity contribution in [1.82, 2.24) is 5.32 Å². The molecule has 1 fully saturated rings. The van der Waals surface area contributed by atoms with Crippen molar-refractivity contribution in [3.63, 3.8) is 0 Å². The molecule has 0 spiro atoms. The molecule has 1 saturated carbocycles. The number of amides is 1. The van der Waals surface area contributed by atoms with Crippen LogP contribution in [0.4, 0.5) is 5.69 Å². The van der Waals surface area contributed by atoms with Crippen LogP contribution in [0.25, 0.3) is 0 Å². The topological polar surface area (TPSA) is 81.4 Å². The summed E-state index contributed by atoms with van der Waals surface area (Å²) in [6, 6.07) is 6.64. The SMILES string of the molecule is C[C@H](OC(=O)c1ccc(N)cc1)C(=O)NC1CCCC1. The highest BCUT2D eigenvalue weighted by atomic mass is 16.5. The monoisotopic (exact) mass is 276 g/mol. The van der Waals surface area contributed by atoms with Gasteiger partial charge in [-0.05, 0) is 44.0 Å². The van der Waals surface area contributed by atoms with Crippen LogP contribution in [0.2, 0.25) is 0 Å². The Morgan fingerprint density at radius 1 is 1.25 bits per heavy atom. The van der Waals surface area contributed by atoms with Crippen molar-refractivity contribution in [2.75, 3.05) is 5.73 Å². The Labute approximate surface area is 118 Å². The van der Waals surface area contributed by atoms with E-state index in [9.17, 15) is 9.59 Å². The van der Waals surface area contributed by atoms with Gasteiger partial charge in [0.15, 0.2) is 6.10 Å². The molecular weight excluding hydrogens is 256 g/mol. The normalized spacial score (nSPS) is 16.6. The van der Waals surface area contributed by atoms with Crippen LogP contribution in [-0.4, -0.2) is 24.0 Å². The quantitative estimate of drug-likeness (QED) is 0.650. The second-order valence-electron chi connectivity index (χ2n) is 5.16. The summed E-state index contributed by atoms with van der Waals surface area (Å²) >= 11 is 0. The molecule has 3 N–H and O–H groups in total. The predicted octanol–water partition coefficient (Wildman–Crippen LogP) is 1.87. The first-order valence-electron chi connectivity index (χ1n) is 6.93. The lowest BCUT2D eigenvalue weighted by molar-refractivity contribution is -0.129.